The summed E-state index contributed by atoms with van der Waals surface area (Å²) in [5, 5.41) is 4.74. The summed E-state index contributed by atoms with van der Waals surface area (Å²) < 4.78 is 4.18. The lowest BCUT2D eigenvalue weighted by molar-refractivity contribution is -0.113. The van der Waals surface area contributed by atoms with Gasteiger partial charge in [0.2, 0.25) is 16.2 Å². The van der Waals surface area contributed by atoms with Crippen molar-refractivity contribution in [1.82, 2.24) is 14.3 Å². The first kappa shape index (κ1) is 16.1. The van der Waals surface area contributed by atoms with Crippen molar-refractivity contribution in [3.63, 3.8) is 0 Å². The van der Waals surface area contributed by atoms with E-state index >= 15 is 0 Å². The van der Waals surface area contributed by atoms with E-state index in [0.717, 1.165) is 17.2 Å². The highest BCUT2D eigenvalue weighted by molar-refractivity contribution is 8.00. The molecule has 1 amide bonds. The second-order valence-electron chi connectivity index (χ2n) is 4.00. The van der Waals surface area contributed by atoms with Gasteiger partial charge in [0, 0.05) is 17.3 Å². The average Bonchev–Trinajstić information content (AvgIpc) is 2.92. The molecule has 0 aliphatic heterocycles. The van der Waals surface area contributed by atoms with Crippen LogP contribution in [0.25, 0.3) is 0 Å². The van der Waals surface area contributed by atoms with E-state index < -0.39 is 0 Å². The highest BCUT2D eigenvalue weighted by Crippen LogP contribution is 2.21. The molecule has 0 saturated heterocycles. The van der Waals surface area contributed by atoms with Crippen LogP contribution < -0.4 is 11.1 Å². The summed E-state index contributed by atoms with van der Waals surface area (Å²) in [5.41, 5.74) is 6.16. The second kappa shape index (κ2) is 8.20. The normalized spacial score (nSPS) is 10.5. The zero-order valence-electron chi connectivity index (χ0n) is 11.4. The van der Waals surface area contributed by atoms with Gasteiger partial charge in [-0.1, -0.05) is 30.4 Å². The fraction of sp³-hybridized carbons (Fsp3) is 0.333. The van der Waals surface area contributed by atoms with Crippen LogP contribution in [0.4, 0.5) is 10.8 Å². The van der Waals surface area contributed by atoms with Gasteiger partial charge in [-0.25, -0.2) is 4.98 Å². The number of pyridine rings is 1. The SMILES string of the molecule is CCCSc1nsc(NC(=O)CSc2ccc(N)cn2)n1. The number of hydrogen-bond donors (Lipinski definition) is 2. The molecule has 2 aromatic heterocycles. The first-order valence-corrected chi connectivity index (χ1v) is 9.02. The lowest BCUT2D eigenvalue weighted by Gasteiger charge is -2.01. The largest absolute Gasteiger partial charge is 0.397 e. The van der Waals surface area contributed by atoms with Crippen molar-refractivity contribution >= 4 is 51.8 Å². The molecule has 6 nitrogen and oxygen atoms in total. The Morgan fingerprint density at radius 2 is 2.29 bits per heavy atom. The van der Waals surface area contributed by atoms with Crippen molar-refractivity contribution in [2.45, 2.75) is 23.5 Å². The Balaban J connectivity index is 1.78. The van der Waals surface area contributed by atoms with E-state index in [1.807, 2.05) is 0 Å². The van der Waals surface area contributed by atoms with Crippen molar-refractivity contribution < 1.29 is 4.79 Å². The molecule has 0 bridgehead atoms. The number of nitrogen functional groups attached to an aromatic ring is 1. The van der Waals surface area contributed by atoms with Crippen molar-refractivity contribution in [1.29, 1.82) is 0 Å². The molecule has 0 aromatic carbocycles. The maximum absolute atomic E-state index is 11.8. The molecule has 0 saturated carbocycles. The standard InChI is InChI=1S/C12H15N5OS3/c1-2-5-19-12-16-11(21-17-12)15-9(18)7-20-10-4-3-8(13)6-14-10/h3-4,6H,2,5,7,13H2,1H3,(H,15,16,17,18). The summed E-state index contributed by atoms with van der Waals surface area (Å²) in [6, 6.07) is 3.55. The highest BCUT2D eigenvalue weighted by Gasteiger charge is 2.09. The highest BCUT2D eigenvalue weighted by atomic mass is 32.2. The van der Waals surface area contributed by atoms with Crippen LogP contribution in [0.15, 0.2) is 28.5 Å². The minimum absolute atomic E-state index is 0.123. The van der Waals surface area contributed by atoms with Gasteiger partial charge in [-0.05, 0) is 18.6 Å². The summed E-state index contributed by atoms with van der Waals surface area (Å²) >= 11 is 4.14. The molecule has 0 radical (unpaired) electrons. The van der Waals surface area contributed by atoms with Gasteiger partial charge in [0.25, 0.3) is 0 Å². The fourth-order valence-corrected chi connectivity index (χ4v) is 3.34. The zero-order valence-corrected chi connectivity index (χ0v) is 13.9. The Hall–Kier alpha value is -1.32. The Kier molecular flexibility index (Phi) is 6.27. The predicted molar refractivity (Wildman–Crippen MR) is 88.9 cm³/mol. The van der Waals surface area contributed by atoms with E-state index in [2.05, 4.69) is 26.6 Å². The number of nitrogens with two attached hydrogens (primary N) is 1. The van der Waals surface area contributed by atoms with Crippen LogP contribution in [-0.2, 0) is 4.79 Å². The number of anilines is 2. The zero-order chi connectivity index (χ0) is 15.1. The molecular formula is C12H15N5OS3. The minimum Gasteiger partial charge on any atom is -0.397 e. The first-order chi connectivity index (χ1) is 10.2. The lowest BCUT2D eigenvalue weighted by atomic mass is 10.4. The molecular weight excluding hydrogens is 326 g/mol. The quantitative estimate of drug-likeness (QED) is 0.748. The molecule has 0 unspecified atom stereocenters. The molecule has 0 atom stereocenters. The van der Waals surface area contributed by atoms with E-state index in [-0.39, 0.29) is 11.7 Å². The molecule has 3 N–H and O–H groups in total. The average molecular weight is 341 g/mol. The molecule has 0 aliphatic carbocycles. The number of nitrogens with zero attached hydrogens (tertiary/aromatic N) is 3. The first-order valence-electron chi connectivity index (χ1n) is 6.28. The van der Waals surface area contributed by atoms with Crippen LogP contribution in [0.2, 0.25) is 0 Å². The van der Waals surface area contributed by atoms with Crippen molar-refractivity contribution in [3.05, 3.63) is 18.3 Å². The Morgan fingerprint density at radius 3 is 3.00 bits per heavy atom. The van der Waals surface area contributed by atoms with E-state index in [1.54, 1.807) is 30.1 Å². The van der Waals surface area contributed by atoms with E-state index in [0.29, 0.717) is 16.0 Å². The van der Waals surface area contributed by atoms with Gasteiger partial charge in [-0.15, -0.1) is 0 Å². The van der Waals surface area contributed by atoms with Crippen molar-refractivity contribution in [2.75, 3.05) is 22.6 Å². The molecule has 2 heterocycles. The van der Waals surface area contributed by atoms with Gasteiger partial charge < -0.3 is 5.73 Å². The van der Waals surface area contributed by atoms with E-state index in [4.69, 9.17) is 5.73 Å². The number of carbonyl (C=O) groups is 1. The van der Waals surface area contributed by atoms with Crippen LogP contribution in [0.3, 0.4) is 0 Å². The maximum atomic E-state index is 11.8. The Morgan fingerprint density at radius 1 is 1.43 bits per heavy atom. The number of hydrogen-bond acceptors (Lipinski definition) is 8. The Bertz CT molecular complexity index is 587. The summed E-state index contributed by atoms with van der Waals surface area (Å²) in [7, 11) is 0. The lowest BCUT2D eigenvalue weighted by Crippen LogP contribution is -2.13. The van der Waals surface area contributed by atoms with E-state index in [1.165, 1.54) is 23.3 Å². The van der Waals surface area contributed by atoms with Gasteiger partial charge in [0.1, 0.15) is 0 Å². The smallest absolute Gasteiger partial charge is 0.236 e. The van der Waals surface area contributed by atoms with Crippen LogP contribution in [-0.4, -0.2) is 31.8 Å². The number of nitrogens with one attached hydrogen (secondary N) is 1. The van der Waals surface area contributed by atoms with Gasteiger partial charge in [0.05, 0.1) is 22.7 Å². The topological polar surface area (TPSA) is 93.8 Å². The van der Waals surface area contributed by atoms with Gasteiger partial charge >= 0.3 is 0 Å². The minimum atomic E-state index is -0.123. The van der Waals surface area contributed by atoms with Crippen LogP contribution in [0, 0.1) is 0 Å². The Labute approximate surface area is 135 Å². The van der Waals surface area contributed by atoms with Crippen LogP contribution in [0.5, 0.6) is 0 Å². The summed E-state index contributed by atoms with van der Waals surface area (Å²) in [4.78, 5) is 20.2. The third-order valence-electron chi connectivity index (χ3n) is 2.20. The maximum Gasteiger partial charge on any atom is 0.236 e. The number of aromatic nitrogens is 3. The molecule has 0 fully saturated rings. The summed E-state index contributed by atoms with van der Waals surface area (Å²) in [6.07, 6.45) is 2.64. The van der Waals surface area contributed by atoms with Gasteiger partial charge in [-0.3, -0.25) is 10.1 Å². The van der Waals surface area contributed by atoms with Crippen LogP contribution in [0.1, 0.15) is 13.3 Å². The van der Waals surface area contributed by atoms with Gasteiger partial charge in [0.15, 0.2) is 0 Å². The molecule has 0 aliphatic rings. The monoisotopic (exact) mass is 341 g/mol. The number of thioether (sulfide) groups is 2. The molecule has 2 aromatic rings. The third kappa shape index (κ3) is 5.52. The fourth-order valence-electron chi connectivity index (χ4n) is 1.28. The van der Waals surface area contributed by atoms with Crippen molar-refractivity contribution in [2.24, 2.45) is 0 Å². The predicted octanol–water partition coefficient (Wildman–Crippen LogP) is 2.75. The number of amides is 1. The molecule has 9 heteroatoms. The molecule has 0 spiro atoms. The molecule has 21 heavy (non-hydrogen) atoms. The number of rotatable bonds is 7. The molecule has 2 rings (SSSR count). The van der Waals surface area contributed by atoms with Gasteiger partial charge in [-0.2, -0.15) is 9.36 Å². The molecule has 112 valence electrons. The van der Waals surface area contributed by atoms with Crippen LogP contribution >= 0.6 is 35.1 Å². The third-order valence-corrected chi connectivity index (χ3v) is 4.94. The second-order valence-corrected chi connectivity index (χ2v) is 6.81. The summed E-state index contributed by atoms with van der Waals surface area (Å²) in [5.74, 6) is 1.12. The summed E-state index contributed by atoms with van der Waals surface area (Å²) in [6.45, 7) is 2.10. The van der Waals surface area contributed by atoms with E-state index in [9.17, 15) is 4.79 Å². The number of carbonyl (C=O) groups excluding carboxylic acids is 1. The van der Waals surface area contributed by atoms with Crippen molar-refractivity contribution in [3.8, 4) is 0 Å².